The van der Waals surface area contributed by atoms with Crippen LogP contribution in [-0.4, -0.2) is 46.2 Å². The van der Waals surface area contributed by atoms with Crippen LogP contribution in [0.3, 0.4) is 0 Å². The van der Waals surface area contributed by atoms with Crippen molar-refractivity contribution in [1.29, 1.82) is 0 Å². The molecule has 0 saturated carbocycles. The molecule has 43 heavy (non-hydrogen) atoms. The van der Waals surface area contributed by atoms with Crippen LogP contribution in [0.5, 0.6) is 5.75 Å². The lowest BCUT2D eigenvalue weighted by atomic mass is 10.0. The molecule has 0 saturated heterocycles. The maximum atomic E-state index is 12.8. The van der Waals surface area contributed by atoms with Crippen molar-refractivity contribution in [3.8, 4) is 5.75 Å². The lowest BCUT2D eigenvalue weighted by Crippen LogP contribution is -2.31. The minimum Gasteiger partial charge on any atom is -0.494 e. The number of aliphatic carboxylic acids is 1. The van der Waals surface area contributed by atoms with Gasteiger partial charge in [-0.1, -0.05) is 30.3 Å². The zero-order valence-electron chi connectivity index (χ0n) is 23.7. The van der Waals surface area contributed by atoms with Crippen LogP contribution in [0.25, 0.3) is 0 Å². The van der Waals surface area contributed by atoms with Gasteiger partial charge in [0.2, 0.25) is 5.91 Å². The molecule has 0 aliphatic carbocycles. The Morgan fingerprint density at radius 1 is 0.907 bits per heavy atom. The molecule has 0 bridgehead atoms. The summed E-state index contributed by atoms with van der Waals surface area (Å²) in [6.07, 6.45) is 1.05. The molecule has 1 atom stereocenters. The van der Waals surface area contributed by atoms with Gasteiger partial charge in [0.1, 0.15) is 5.75 Å². The first-order chi connectivity index (χ1) is 20.7. The van der Waals surface area contributed by atoms with E-state index in [1.54, 1.807) is 54.6 Å². The molecule has 4 aromatic rings. The van der Waals surface area contributed by atoms with Crippen LogP contribution >= 0.6 is 0 Å². The average Bonchev–Trinajstić information content (AvgIpc) is 2.99. The van der Waals surface area contributed by atoms with Crippen molar-refractivity contribution in [2.75, 3.05) is 22.6 Å². The van der Waals surface area contributed by atoms with Gasteiger partial charge in [-0.3, -0.25) is 19.3 Å². The molecule has 1 heterocycles. The molecular formula is C31H30N6O6. The normalized spacial score (nSPS) is 11.1. The quantitative estimate of drug-likeness (QED) is 0.201. The molecule has 0 radical (unpaired) electrons. The number of carbonyl (C=O) groups excluding carboxylic acids is 3. The van der Waals surface area contributed by atoms with Gasteiger partial charge in [0, 0.05) is 30.6 Å². The first-order valence-electron chi connectivity index (χ1n) is 13.2. The molecule has 4 N–H and O–H groups in total. The Hall–Kier alpha value is -5.78. The number of aromatic nitrogens is 2. The number of carboxylic acids is 1. The zero-order valence-corrected chi connectivity index (χ0v) is 23.7. The van der Waals surface area contributed by atoms with Crippen molar-refractivity contribution >= 4 is 46.6 Å². The summed E-state index contributed by atoms with van der Waals surface area (Å²) in [5.41, 5.74) is 3.50. The molecule has 3 aromatic carbocycles. The number of ether oxygens (including phenoxy) is 1. The molecule has 4 rings (SSSR count). The van der Waals surface area contributed by atoms with Crippen LogP contribution in [0, 0.1) is 6.92 Å². The van der Waals surface area contributed by atoms with E-state index in [4.69, 9.17) is 4.74 Å². The average molecular weight is 583 g/mol. The summed E-state index contributed by atoms with van der Waals surface area (Å²) in [6.45, 7) is 3.28. The van der Waals surface area contributed by atoms with E-state index in [0.29, 0.717) is 34.1 Å². The van der Waals surface area contributed by atoms with E-state index < -0.39 is 23.9 Å². The van der Waals surface area contributed by atoms with Gasteiger partial charge in [0.15, 0.2) is 5.69 Å². The molecule has 4 amide bonds. The number of carboxylic acid groups (broad SMARTS) is 1. The fraction of sp³-hybridized carbons (Fsp3) is 0.161. The number of benzene rings is 3. The summed E-state index contributed by atoms with van der Waals surface area (Å²) >= 11 is 0. The first kappa shape index (κ1) is 30.2. The van der Waals surface area contributed by atoms with E-state index in [-0.39, 0.29) is 18.0 Å². The van der Waals surface area contributed by atoms with E-state index in [2.05, 4.69) is 26.1 Å². The fourth-order valence-corrected chi connectivity index (χ4v) is 4.36. The SMILES string of the molecule is COc1cc(N(C(C)=O)c2ccc(C(CC(=O)O)NC(=O)c3cccnn3)cc2)ccc1NC(=O)Nc1ccccc1C. The van der Waals surface area contributed by atoms with Gasteiger partial charge in [-0.15, -0.1) is 5.10 Å². The van der Waals surface area contributed by atoms with E-state index in [1.165, 1.54) is 31.2 Å². The summed E-state index contributed by atoms with van der Waals surface area (Å²) in [7, 11) is 1.45. The Kier molecular flexibility index (Phi) is 9.63. The first-order valence-corrected chi connectivity index (χ1v) is 13.2. The topological polar surface area (TPSA) is 163 Å². The largest absolute Gasteiger partial charge is 0.494 e. The Morgan fingerprint density at radius 3 is 2.23 bits per heavy atom. The number of amides is 4. The maximum Gasteiger partial charge on any atom is 0.323 e. The lowest BCUT2D eigenvalue weighted by molar-refractivity contribution is -0.137. The Labute approximate surface area is 247 Å². The number of rotatable bonds is 10. The number of anilines is 4. The molecule has 0 fully saturated rings. The van der Waals surface area contributed by atoms with Crippen molar-refractivity contribution in [2.45, 2.75) is 26.3 Å². The molecule has 12 heteroatoms. The molecule has 0 aliphatic rings. The van der Waals surface area contributed by atoms with Crippen molar-refractivity contribution in [3.63, 3.8) is 0 Å². The summed E-state index contributed by atoms with van der Waals surface area (Å²) in [6, 6.07) is 20.6. The van der Waals surface area contributed by atoms with Gasteiger partial charge in [-0.25, -0.2) is 4.79 Å². The molecule has 12 nitrogen and oxygen atoms in total. The minimum absolute atomic E-state index is 0.0526. The third kappa shape index (κ3) is 7.70. The second-order valence-corrected chi connectivity index (χ2v) is 9.46. The maximum absolute atomic E-state index is 12.8. The van der Waals surface area contributed by atoms with Gasteiger partial charge < -0.3 is 25.8 Å². The summed E-state index contributed by atoms with van der Waals surface area (Å²) in [5, 5.41) is 25.1. The number of aryl methyl sites for hydroxylation is 1. The van der Waals surface area contributed by atoms with E-state index in [0.717, 1.165) is 5.56 Å². The minimum atomic E-state index is -1.10. The molecule has 0 aliphatic heterocycles. The summed E-state index contributed by atoms with van der Waals surface area (Å²) in [4.78, 5) is 51.0. The lowest BCUT2D eigenvalue weighted by Gasteiger charge is -2.24. The highest BCUT2D eigenvalue weighted by Crippen LogP contribution is 2.34. The van der Waals surface area contributed by atoms with Crippen LogP contribution in [0.2, 0.25) is 0 Å². The molecule has 1 unspecified atom stereocenters. The highest BCUT2D eigenvalue weighted by Gasteiger charge is 2.22. The zero-order chi connectivity index (χ0) is 30.9. The number of hydrogen-bond donors (Lipinski definition) is 4. The Balaban J connectivity index is 1.54. The number of methoxy groups -OCH3 is 1. The number of hydrogen-bond acceptors (Lipinski definition) is 7. The number of carbonyl (C=O) groups is 4. The van der Waals surface area contributed by atoms with Gasteiger partial charge in [0.05, 0.1) is 30.9 Å². The second kappa shape index (κ2) is 13.7. The van der Waals surface area contributed by atoms with Crippen molar-refractivity contribution in [3.05, 3.63) is 102 Å². The van der Waals surface area contributed by atoms with Gasteiger partial charge in [-0.05, 0) is 60.5 Å². The second-order valence-electron chi connectivity index (χ2n) is 9.46. The molecule has 1 aromatic heterocycles. The third-order valence-corrected chi connectivity index (χ3v) is 6.44. The Bertz CT molecular complexity index is 1630. The van der Waals surface area contributed by atoms with E-state index in [1.807, 2.05) is 25.1 Å². The molecular weight excluding hydrogens is 552 g/mol. The number of urea groups is 1. The van der Waals surface area contributed by atoms with Crippen molar-refractivity contribution in [1.82, 2.24) is 15.5 Å². The standard InChI is InChI=1S/C31H30N6O6/c1-19-7-4-5-8-24(19)34-31(42)35-25-15-14-23(17-28(25)43-3)37(20(2)38)22-12-10-21(11-13-22)27(18-29(39)40)33-30(41)26-9-6-16-32-36-26/h4-17,27H,18H2,1-3H3,(H,33,41)(H,39,40)(H2,34,35,42). The van der Waals surface area contributed by atoms with E-state index >= 15 is 0 Å². The monoisotopic (exact) mass is 582 g/mol. The van der Waals surface area contributed by atoms with E-state index in [9.17, 15) is 24.3 Å². The number of para-hydroxylation sites is 1. The van der Waals surface area contributed by atoms with Crippen LogP contribution < -0.4 is 25.6 Å². The van der Waals surface area contributed by atoms with Crippen molar-refractivity contribution in [2.24, 2.45) is 0 Å². The van der Waals surface area contributed by atoms with Gasteiger partial charge in [-0.2, -0.15) is 5.10 Å². The summed E-state index contributed by atoms with van der Waals surface area (Å²) < 4.78 is 5.50. The highest BCUT2D eigenvalue weighted by molar-refractivity contribution is 6.03. The van der Waals surface area contributed by atoms with Crippen molar-refractivity contribution < 1.29 is 29.0 Å². The van der Waals surface area contributed by atoms with Gasteiger partial charge in [0.25, 0.3) is 5.91 Å². The van der Waals surface area contributed by atoms with Crippen LogP contribution in [0.1, 0.15) is 41.0 Å². The highest BCUT2D eigenvalue weighted by atomic mass is 16.5. The number of nitrogens with one attached hydrogen (secondary N) is 3. The predicted octanol–water partition coefficient (Wildman–Crippen LogP) is 5.07. The van der Waals surface area contributed by atoms with Gasteiger partial charge >= 0.3 is 12.0 Å². The summed E-state index contributed by atoms with van der Waals surface area (Å²) in [5.74, 6) is -1.64. The van der Waals surface area contributed by atoms with Crippen LogP contribution in [0.4, 0.5) is 27.5 Å². The Morgan fingerprint density at radius 2 is 1.60 bits per heavy atom. The predicted molar refractivity (Wildman–Crippen MR) is 161 cm³/mol. The molecule has 0 spiro atoms. The van der Waals surface area contributed by atoms with Crippen LogP contribution in [-0.2, 0) is 9.59 Å². The molecule has 220 valence electrons. The third-order valence-electron chi connectivity index (χ3n) is 6.44. The fourth-order valence-electron chi connectivity index (χ4n) is 4.36. The van der Waals surface area contributed by atoms with Crippen LogP contribution in [0.15, 0.2) is 85.1 Å². The smallest absolute Gasteiger partial charge is 0.323 e. The number of nitrogens with zero attached hydrogens (tertiary/aromatic N) is 3.